The highest BCUT2D eigenvalue weighted by atomic mass is 32.1. The zero-order valence-corrected chi connectivity index (χ0v) is 13.8. The maximum Gasteiger partial charge on any atom is 0.242 e. The standard InChI is InChI=1S/C15H20N4O3S/c1-11-2-4-17-19(11)6-15(20)18-13-3-5-21-8-14(13)22-7-12-9-23-10-16-12/h2,4,9-10,13-14H,3,5-8H2,1H3,(H,18,20)/t13-,14-/m1/s1. The Hall–Kier alpha value is -1.77. The SMILES string of the molecule is Cc1ccnn1CC(=O)N[C@@H]1CCOC[C@H]1OCc1cscn1. The van der Waals surface area contributed by atoms with Gasteiger partial charge in [-0.2, -0.15) is 5.10 Å². The third-order valence-electron chi connectivity index (χ3n) is 3.80. The predicted octanol–water partition coefficient (Wildman–Crippen LogP) is 1.14. The Morgan fingerprint density at radius 2 is 2.52 bits per heavy atom. The summed E-state index contributed by atoms with van der Waals surface area (Å²) in [6.45, 7) is 3.68. The van der Waals surface area contributed by atoms with Gasteiger partial charge in [-0.05, 0) is 19.4 Å². The molecule has 1 aliphatic heterocycles. The van der Waals surface area contributed by atoms with Crippen LogP contribution in [-0.2, 0) is 27.4 Å². The van der Waals surface area contributed by atoms with Gasteiger partial charge in [0.25, 0.3) is 0 Å². The number of carbonyl (C=O) groups is 1. The van der Waals surface area contributed by atoms with Crippen molar-refractivity contribution in [3.05, 3.63) is 34.5 Å². The number of amides is 1. The molecule has 2 atom stereocenters. The molecule has 1 saturated heterocycles. The number of hydrogen-bond donors (Lipinski definition) is 1. The van der Waals surface area contributed by atoms with Gasteiger partial charge in [-0.1, -0.05) is 0 Å². The van der Waals surface area contributed by atoms with Crippen molar-refractivity contribution in [1.29, 1.82) is 0 Å². The number of thiazole rings is 1. The molecule has 3 heterocycles. The summed E-state index contributed by atoms with van der Waals surface area (Å²) < 4.78 is 13.0. The fraction of sp³-hybridized carbons (Fsp3) is 0.533. The number of rotatable bonds is 6. The Morgan fingerprint density at radius 1 is 1.61 bits per heavy atom. The molecule has 1 aliphatic rings. The van der Waals surface area contributed by atoms with Crippen LogP contribution in [0.2, 0.25) is 0 Å². The fourth-order valence-electron chi connectivity index (χ4n) is 2.50. The maximum absolute atomic E-state index is 12.2. The van der Waals surface area contributed by atoms with E-state index in [0.717, 1.165) is 17.8 Å². The van der Waals surface area contributed by atoms with Gasteiger partial charge in [-0.15, -0.1) is 11.3 Å². The van der Waals surface area contributed by atoms with Gasteiger partial charge in [0.15, 0.2) is 0 Å². The molecule has 7 nitrogen and oxygen atoms in total. The summed E-state index contributed by atoms with van der Waals surface area (Å²) in [5.74, 6) is -0.0639. The molecule has 124 valence electrons. The Labute approximate surface area is 138 Å². The number of carbonyl (C=O) groups excluding carboxylic acids is 1. The first-order valence-corrected chi connectivity index (χ1v) is 8.51. The fourth-order valence-corrected chi connectivity index (χ4v) is 3.04. The minimum absolute atomic E-state index is 0.0502. The average Bonchev–Trinajstić information content (AvgIpc) is 3.19. The van der Waals surface area contributed by atoms with Crippen molar-refractivity contribution in [1.82, 2.24) is 20.1 Å². The molecule has 2 aromatic heterocycles. The van der Waals surface area contributed by atoms with Crippen LogP contribution in [0.5, 0.6) is 0 Å². The second-order valence-corrected chi connectivity index (χ2v) is 6.22. The van der Waals surface area contributed by atoms with Gasteiger partial charge in [0, 0.05) is 23.9 Å². The summed E-state index contributed by atoms with van der Waals surface area (Å²) in [5, 5.41) is 9.13. The van der Waals surface area contributed by atoms with Crippen molar-refractivity contribution in [2.45, 2.75) is 38.6 Å². The Kier molecular flexibility index (Phi) is 5.37. The lowest BCUT2D eigenvalue weighted by atomic mass is 10.1. The van der Waals surface area contributed by atoms with Crippen molar-refractivity contribution in [2.24, 2.45) is 0 Å². The molecule has 2 aromatic rings. The van der Waals surface area contributed by atoms with Crippen LogP contribution in [-0.4, -0.2) is 46.0 Å². The summed E-state index contributed by atoms with van der Waals surface area (Å²) >= 11 is 1.54. The Bertz CT molecular complexity index is 628. The molecule has 0 aromatic carbocycles. The van der Waals surface area contributed by atoms with Crippen molar-refractivity contribution in [3.8, 4) is 0 Å². The Balaban J connectivity index is 1.53. The molecular weight excluding hydrogens is 316 g/mol. The molecule has 0 bridgehead atoms. The minimum atomic E-state index is -0.159. The van der Waals surface area contributed by atoms with E-state index in [-0.39, 0.29) is 24.6 Å². The van der Waals surface area contributed by atoms with Gasteiger partial charge in [-0.25, -0.2) is 4.98 Å². The van der Waals surface area contributed by atoms with Crippen LogP contribution in [0.1, 0.15) is 17.8 Å². The van der Waals surface area contributed by atoms with E-state index in [1.165, 1.54) is 11.3 Å². The van der Waals surface area contributed by atoms with E-state index in [1.807, 2.05) is 18.4 Å². The summed E-state index contributed by atoms with van der Waals surface area (Å²) in [7, 11) is 0. The van der Waals surface area contributed by atoms with Gasteiger partial charge in [0.05, 0.1) is 30.5 Å². The topological polar surface area (TPSA) is 78.3 Å². The van der Waals surface area contributed by atoms with E-state index in [9.17, 15) is 4.79 Å². The predicted molar refractivity (Wildman–Crippen MR) is 85.0 cm³/mol. The van der Waals surface area contributed by atoms with E-state index in [4.69, 9.17) is 9.47 Å². The molecule has 0 spiro atoms. The van der Waals surface area contributed by atoms with Crippen LogP contribution in [0.4, 0.5) is 0 Å². The third kappa shape index (κ3) is 4.37. The smallest absolute Gasteiger partial charge is 0.242 e. The van der Waals surface area contributed by atoms with Crippen molar-refractivity contribution in [2.75, 3.05) is 13.2 Å². The second-order valence-electron chi connectivity index (χ2n) is 5.50. The molecule has 0 unspecified atom stereocenters. The highest BCUT2D eigenvalue weighted by molar-refractivity contribution is 7.07. The van der Waals surface area contributed by atoms with Crippen LogP contribution in [0.15, 0.2) is 23.2 Å². The zero-order valence-electron chi connectivity index (χ0n) is 13.0. The van der Waals surface area contributed by atoms with Crippen molar-refractivity contribution >= 4 is 17.2 Å². The van der Waals surface area contributed by atoms with Gasteiger partial charge in [0.2, 0.25) is 5.91 Å². The van der Waals surface area contributed by atoms with Gasteiger partial charge in [0.1, 0.15) is 12.6 Å². The maximum atomic E-state index is 12.2. The third-order valence-corrected chi connectivity index (χ3v) is 4.44. The van der Waals surface area contributed by atoms with Crippen LogP contribution >= 0.6 is 11.3 Å². The molecule has 0 saturated carbocycles. The number of hydrogen-bond acceptors (Lipinski definition) is 6. The summed E-state index contributed by atoms with van der Waals surface area (Å²) in [5.41, 5.74) is 3.64. The van der Waals surface area contributed by atoms with Gasteiger partial charge in [-0.3, -0.25) is 9.48 Å². The van der Waals surface area contributed by atoms with Crippen LogP contribution in [0, 0.1) is 6.92 Å². The van der Waals surface area contributed by atoms with Gasteiger partial charge < -0.3 is 14.8 Å². The quantitative estimate of drug-likeness (QED) is 0.856. The van der Waals surface area contributed by atoms with E-state index in [1.54, 1.807) is 16.4 Å². The van der Waals surface area contributed by atoms with Crippen LogP contribution < -0.4 is 5.32 Å². The number of aromatic nitrogens is 3. The average molecular weight is 336 g/mol. The van der Waals surface area contributed by atoms with E-state index >= 15 is 0 Å². The summed E-state index contributed by atoms with van der Waals surface area (Å²) in [6.07, 6.45) is 2.27. The van der Waals surface area contributed by atoms with E-state index < -0.39 is 0 Å². The molecule has 1 N–H and O–H groups in total. The minimum Gasteiger partial charge on any atom is -0.379 e. The second kappa shape index (κ2) is 7.67. The number of nitrogens with one attached hydrogen (secondary N) is 1. The molecular formula is C15H20N4O3S. The van der Waals surface area contributed by atoms with Gasteiger partial charge >= 0.3 is 0 Å². The highest BCUT2D eigenvalue weighted by Gasteiger charge is 2.28. The summed E-state index contributed by atoms with van der Waals surface area (Å²) in [6, 6.07) is 1.83. The first-order chi connectivity index (χ1) is 11.2. The molecule has 8 heteroatoms. The number of nitrogens with zero attached hydrogens (tertiary/aromatic N) is 3. The first-order valence-electron chi connectivity index (χ1n) is 7.56. The monoisotopic (exact) mass is 336 g/mol. The zero-order chi connectivity index (χ0) is 16.1. The number of ether oxygens (including phenoxy) is 2. The van der Waals surface area contributed by atoms with Crippen molar-refractivity contribution in [3.63, 3.8) is 0 Å². The van der Waals surface area contributed by atoms with E-state index in [0.29, 0.717) is 19.8 Å². The normalized spacial score (nSPS) is 21.3. The number of aryl methyl sites for hydroxylation is 1. The highest BCUT2D eigenvalue weighted by Crippen LogP contribution is 2.14. The molecule has 1 amide bonds. The molecule has 23 heavy (non-hydrogen) atoms. The van der Waals surface area contributed by atoms with E-state index in [2.05, 4.69) is 15.4 Å². The van der Waals surface area contributed by atoms with Crippen LogP contribution in [0.3, 0.4) is 0 Å². The molecule has 0 radical (unpaired) electrons. The molecule has 0 aliphatic carbocycles. The Morgan fingerprint density at radius 3 is 3.26 bits per heavy atom. The lowest BCUT2D eigenvalue weighted by Gasteiger charge is -2.32. The molecule has 3 rings (SSSR count). The lowest BCUT2D eigenvalue weighted by Crippen LogP contribution is -2.50. The van der Waals surface area contributed by atoms with Crippen LogP contribution in [0.25, 0.3) is 0 Å². The first kappa shape index (κ1) is 16.1. The molecule has 1 fully saturated rings. The summed E-state index contributed by atoms with van der Waals surface area (Å²) in [4.78, 5) is 16.4. The lowest BCUT2D eigenvalue weighted by molar-refractivity contribution is -0.127. The van der Waals surface area contributed by atoms with Crippen molar-refractivity contribution < 1.29 is 14.3 Å². The largest absolute Gasteiger partial charge is 0.379 e.